The van der Waals surface area contributed by atoms with E-state index in [0.29, 0.717) is 5.92 Å². The minimum absolute atomic E-state index is 0.277. The molecular formula is C27H29N5O. The Morgan fingerprint density at radius 1 is 1.12 bits per heavy atom. The molecule has 4 aromatic rings. The van der Waals surface area contributed by atoms with Crippen LogP contribution in [0.25, 0.3) is 22.2 Å². The van der Waals surface area contributed by atoms with E-state index in [9.17, 15) is 4.79 Å². The van der Waals surface area contributed by atoms with Crippen LogP contribution in [-0.2, 0) is 6.54 Å². The summed E-state index contributed by atoms with van der Waals surface area (Å²) in [5.41, 5.74) is 12.7. The number of hydrogen-bond donors (Lipinski definition) is 1. The van der Waals surface area contributed by atoms with Gasteiger partial charge < -0.3 is 15.2 Å². The Morgan fingerprint density at radius 3 is 2.61 bits per heavy atom. The first-order valence-electron chi connectivity index (χ1n) is 11.3. The van der Waals surface area contributed by atoms with Crippen molar-refractivity contribution in [3.8, 4) is 5.69 Å². The van der Waals surface area contributed by atoms with Gasteiger partial charge in [-0.3, -0.25) is 4.79 Å². The molecule has 1 amide bonds. The Balaban J connectivity index is 1.37. The number of likely N-dealkylation sites (N-methyl/N-ethyl adjacent to an activating group) is 1. The Labute approximate surface area is 193 Å². The second kappa shape index (κ2) is 8.37. The van der Waals surface area contributed by atoms with Gasteiger partial charge in [0.25, 0.3) is 5.91 Å². The first-order valence-corrected chi connectivity index (χ1v) is 11.3. The molecule has 0 radical (unpaired) electrons. The summed E-state index contributed by atoms with van der Waals surface area (Å²) in [5.74, 6) is 0.0336. The summed E-state index contributed by atoms with van der Waals surface area (Å²) in [5, 5.41) is 5.47. The summed E-state index contributed by atoms with van der Waals surface area (Å²) in [4.78, 5) is 13.8. The molecule has 0 saturated heterocycles. The van der Waals surface area contributed by atoms with E-state index in [-0.39, 0.29) is 5.69 Å². The smallest absolute Gasteiger partial charge is 0.269 e. The molecule has 168 valence electrons. The molecule has 6 nitrogen and oxygen atoms in total. The van der Waals surface area contributed by atoms with Gasteiger partial charge in [-0.1, -0.05) is 37.3 Å². The van der Waals surface area contributed by atoms with Gasteiger partial charge in [-0.15, -0.1) is 0 Å². The minimum atomic E-state index is -0.517. The number of aromatic nitrogens is 3. The van der Waals surface area contributed by atoms with Crippen molar-refractivity contribution in [3.63, 3.8) is 0 Å². The van der Waals surface area contributed by atoms with Crippen LogP contribution < -0.4 is 5.73 Å². The number of rotatable bonds is 5. The van der Waals surface area contributed by atoms with Crippen LogP contribution in [0.15, 0.2) is 66.9 Å². The summed E-state index contributed by atoms with van der Waals surface area (Å²) >= 11 is 0. The number of hydrogen-bond acceptors (Lipinski definition) is 3. The lowest BCUT2D eigenvalue weighted by molar-refractivity contribution is 0.0995. The molecule has 1 atom stereocenters. The molecule has 2 aromatic heterocycles. The monoisotopic (exact) mass is 439 g/mol. The molecule has 0 spiro atoms. The zero-order chi connectivity index (χ0) is 23.1. The number of nitrogens with zero attached hydrogens (tertiary/aromatic N) is 4. The van der Waals surface area contributed by atoms with E-state index in [4.69, 9.17) is 5.73 Å². The van der Waals surface area contributed by atoms with Gasteiger partial charge in [0.05, 0.1) is 5.69 Å². The molecule has 0 aliphatic carbocycles. The summed E-state index contributed by atoms with van der Waals surface area (Å²) in [6, 6.07) is 19.0. The summed E-state index contributed by atoms with van der Waals surface area (Å²) < 4.78 is 4.02. The highest BCUT2D eigenvalue weighted by Gasteiger charge is 2.17. The Morgan fingerprint density at radius 2 is 1.91 bits per heavy atom. The Hall–Kier alpha value is -3.64. The highest BCUT2D eigenvalue weighted by atomic mass is 16.1. The third kappa shape index (κ3) is 4.10. The van der Waals surface area contributed by atoms with Gasteiger partial charge >= 0.3 is 0 Å². The predicted molar refractivity (Wildman–Crippen MR) is 132 cm³/mol. The average Bonchev–Trinajstić information content (AvgIpc) is 3.38. The number of carbonyl (C=O) groups excluding carboxylic acids is 1. The van der Waals surface area contributed by atoms with Crippen molar-refractivity contribution in [2.75, 3.05) is 20.1 Å². The highest BCUT2D eigenvalue weighted by Crippen LogP contribution is 2.28. The predicted octanol–water partition coefficient (Wildman–Crippen LogP) is 4.25. The van der Waals surface area contributed by atoms with Crippen molar-refractivity contribution >= 4 is 22.4 Å². The maximum absolute atomic E-state index is 11.5. The van der Waals surface area contributed by atoms with Gasteiger partial charge in [0.2, 0.25) is 0 Å². The molecular weight excluding hydrogens is 410 g/mol. The summed E-state index contributed by atoms with van der Waals surface area (Å²) in [7, 11) is 2.17. The van der Waals surface area contributed by atoms with Crippen molar-refractivity contribution in [2.45, 2.75) is 20.4 Å². The molecule has 2 N–H and O–H groups in total. The quantitative estimate of drug-likeness (QED) is 0.506. The molecule has 0 saturated carbocycles. The van der Waals surface area contributed by atoms with Crippen molar-refractivity contribution in [1.29, 1.82) is 0 Å². The van der Waals surface area contributed by atoms with Crippen molar-refractivity contribution in [1.82, 2.24) is 19.2 Å². The second-order valence-electron chi connectivity index (χ2n) is 9.11. The van der Waals surface area contributed by atoms with Crippen LogP contribution in [0.1, 0.15) is 34.2 Å². The topological polar surface area (TPSA) is 69.1 Å². The zero-order valence-electron chi connectivity index (χ0n) is 19.3. The molecule has 0 fully saturated rings. The van der Waals surface area contributed by atoms with Crippen molar-refractivity contribution < 1.29 is 4.79 Å². The van der Waals surface area contributed by atoms with Crippen LogP contribution in [0.2, 0.25) is 0 Å². The molecule has 2 aromatic carbocycles. The average molecular weight is 440 g/mol. The first-order chi connectivity index (χ1) is 15.9. The molecule has 6 heteroatoms. The fourth-order valence-electron chi connectivity index (χ4n) is 4.81. The van der Waals surface area contributed by atoms with E-state index in [1.54, 1.807) is 10.7 Å². The van der Waals surface area contributed by atoms with Gasteiger partial charge in [0.1, 0.15) is 0 Å². The van der Waals surface area contributed by atoms with Gasteiger partial charge in [0.15, 0.2) is 5.69 Å². The van der Waals surface area contributed by atoms with Crippen LogP contribution in [0.5, 0.6) is 0 Å². The van der Waals surface area contributed by atoms with E-state index in [0.717, 1.165) is 41.9 Å². The van der Waals surface area contributed by atoms with Gasteiger partial charge in [-0.2, -0.15) is 5.10 Å². The number of carbonyl (C=O) groups is 1. The van der Waals surface area contributed by atoms with Gasteiger partial charge in [-0.05, 0) is 66.9 Å². The molecule has 1 unspecified atom stereocenters. The summed E-state index contributed by atoms with van der Waals surface area (Å²) in [6.45, 7) is 7.15. The number of amides is 1. The number of aryl methyl sites for hydroxylation is 1. The summed E-state index contributed by atoms with van der Waals surface area (Å²) in [6.07, 6.45) is 4.47. The normalized spacial score (nSPS) is 16.8. The maximum atomic E-state index is 11.5. The highest BCUT2D eigenvalue weighted by molar-refractivity contribution is 5.91. The minimum Gasteiger partial charge on any atom is -0.364 e. The van der Waals surface area contributed by atoms with Crippen LogP contribution in [0, 0.1) is 12.8 Å². The fourth-order valence-corrected chi connectivity index (χ4v) is 4.81. The molecule has 0 bridgehead atoms. The molecule has 3 heterocycles. The lowest BCUT2D eigenvalue weighted by atomic mass is 9.90. The van der Waals surface area contributed by atoms with Gasteiger partial charge in [-0.25, -0.2) is 4.68 Å². The third-order valence-electron chi connectivity index (χ3n) is 6.52. The van der Waals surface area contributed by atoms with Gasteiger partial charge in [0, 0.05) is 42.4 Å². The lowest BCUT2D eigenvalue weighted by Gasteiger charge is -2.28. The number of nitrogens with two attached hydrogens (primary N) is 1. The number of fused-ring (bicyclic) bond motifs is 1. The van der Waals surface area contributed by atoms with Crippen LogP contribution in [-0.4, -0.2) is 45.3 Å². The first kappa shape index (κ1) is 21.2. The zero-order valence-corrected chi connectivity index (χ0v) is 19.3. The van der Waals surface area contributed by atoms with E-state index in [1.165, 1.54) is 16.7 Å². The Bertz CT molecular complexity index is 1360. The fraction of sp³-hybridized carbons (Fsp3) is 0.259. The third-order valence-corrected chi connectivity index (χ3v) is 6.52. The molecule has 1 aliphatic rings. The van der Waals surface area contributed by atoms with E-state index in [2.05, 4.69) is 83.3 Å². The van der Waals surface area contributed by atoms with Crippen molar-refractivity contribution in [3.05, 3.63) is 89.4 Å². The van der Waals surface area contributed by atoms with E-state index >= 15 is 0 Å². The van der Waals surface area contributed by atoms with Crippen LogP contribution >= 0.6 is 0 Å². The SMILES string of the molecule is Cc1cc(C(N)=O)nn1-c1ccc2c(ccn2Cc2ccc(C3=CCN(C)CC3C)cc2)c1. The number of primary amides is 1. The molecule has 5 rings (SSSR count). The second-order valence-corrected chi connectivity index (χ2v) is 9.11. The van der Waals surface area contributed by atoms with Crippen LogP contribution in [0.3, 0.4) is 0 Å². The van der Waals surface area contributed by atoms with E-state index < -0.39 is 5.91 Å². The standard InChI is InChI=1S/C27H29N5O/c1-18-16-30(3)12-11-24(18)21-6-4-20(5-7-21)17-31-13-10-22-15-23(8-9-26(22)31)32-19(2)14-25(29-32)27(28)33/h4-11,13-15,18H,12,16-17H2,1-3H3,(H2,28,33). The van der Waals surface area contributed by atoms with Crippen molar-refractivity contribution in [2.24, 2.45) is 11.7 Å². The van der Waals surface area contributed by atoms with E-state index in [1.807, 2.05) is 13.0 Å². The number of benzene rings is 2. The largest absolute Gasteiger partial charge is 0.364 e. The van der Waals surface area contributed by atoms with Crippen LogP contribution in [0.4, 0.5) is 0 Å². The Kier molecular flexibility index (Phi) is 5.38. The maximum Gasteiger partial charge on any atom is 0.269 e. The lowest BCUT2D eigenvalue weighted by Crippen LogP contribution is -2.29. The molecule has 33 heavy (non-hydrogen) atoms. The molecule has 1 aliphatic heterocycles.